The Balaban J connectivity index is 2.22. The van der Waals surface area contributed by atoms with E-state index in [1.807, 2.05) is 6.92 Å². The fourth-order valence-electron chi connectivity index (χ4n) is 2.82. The quantitative estimate of drug-likeness (QED) is 0.691. The summed E-state index contributed by atoms with van der Waals surface area (Å²) in [6, 6.07) is 0.755. The monoisotopic (exact) mass is 225 g/mol. The molecule has 0 aliphatic heterocycles. The van der Waals surface area contributed by atoms with E-state index in [4.69, 9.17) is 0 Å². The summed E-state index contributed by atoms with van der Waals surface area (Å²) in [5.41, 5.74) is 0. The van der Waals surface area contributed by atoms with Crippen LogP contribution in [0, 0.1) is 5.92 Å². The van der Waals surface area contributed by atoms with Crippen LogP contribution in [0.5, 0.6) is 0 Å². The van der Waals surface area contributed by atoms with Gasteiger partial charge in [0.05, 0.1) is 0 Å². The minimum Gasteiger partial charge on any atom is -0.303 e. The lowest BCUT2D eigenvalue weighted by atomic mass is 9.85. The van der Waals surface area contributed by atoms with Crippen LogP contribution in [0.3, 0.4) is 0 Å². The molecule has 2 nitrogen and oxygen atoms in total. The second kappa shape index (κ2) is 7.05. The van der Waals surface area contributed by atoms with Crippen molar-refractivity contribution in [2.75, 3.05) is 13.6 Å². The van der Waals surface area contributed by atoms with Gasteiger partial charge in [-0.2, -0.15) is 0 Å². The Morgan fingerprint density at radius 3 is 2.62 bits per heavy atom. The van der Waals surface area contributed by atoms with Crippen LogP contribution in [0.25, 0.3) is 0 Å². The number of nitrogens with zero attached hydrogens (tertiary/aromatic N) is 1. The SMILES string of the molecule is CCC(=O)CCCN(C)C1CCCCC1C. The summed E-state index contributed by atoms with van der Waals surface area (Å²) in [5.74, 6) is 1.24. The lowest BCUT2D eigenvalue weighted by Gasteiger charge is -2.36. The topological polar surface area (TPSA) is 20.3 Å². The molecule has 1 saturated carbocycles. The van der Waals surface area contributed by atoms with Gasteiger partial charge in [-0.1, -0.05) is 26.7 Å². The molecule has 0 saturated heterocycles. The van der Waals surface area contributed by atoms with Crippen molar-refractivity contribution >= 4 is 5.78 Å². The third kappa shape index (κ3) is 4.25. The molecular formula is C14H27NO. The molecule has 0 aromatic carbocycles. The van der Waals surface area contributed by atoms with Crippen molar-refractivity contribution in [2.45, 2.75) is 64.8 Å². The molecule has 0 amide bonds. The fraction of sp³-hybridized carbons (Fsp3) is 0.929. The minimum atomic E-state index is 0.407. The highest BCUT2D eigenvalue weighted by Gasteiger charge is 2.24. The average molecular weight is 225 g/mol. The number of carbonyl (C=O) groups is 1. The van der Waals surface area contributed by atoms with E-state index in [1.54, 1.807) is 0 Å². The predicted octanol–water partition coefficient (Wildman–Crippen LogP) is 3.26. The van der Waals surface area contributed by atoms with E-state index in [0.717, 1.165) is 31.3 Å². The zero-order valence-electron chi connectivity index (χ0n) is 11.2. The van der Waals surface area contributed by atoms with Crippen LogP contribution in [-0.4, -0.2) is 30.3 Å². The number of Topliss-reactive ketones (excluding diaryl/α,β-unsaturated/α-hetero) is 1. The molecule has 0 N–H and O–H groups in total. The Kier molecular flexibility index (Phi) is 6.04. The molecule has 0 spiro atoms. The van der Waals surface area contributed by atoms with E-state index >= 15 is 0 Å². The number of rotatable bonds is 6. The van der Waals surface area contributed by atoms with Crippen LogP contribution in [0.15, 0.2) is 0 Å². The van der Waals surface area contributed by atoms with E-state index in [2.05, 4.69) is 18.9 Å². The van der Waals surface area contributed by atoms with E-state index in [9.17, 15) is 4.79 Å². The summed E-state index contributed by atoms with van der Waals surface area (Å²) in [4.78, 5) is 13.7. The first-order valence-corrected chi connectivity index (χ1v) is 6.87. The van der Waals surface area contributed by atoms with Gasteiger partial charge in [-0.05, 0) is 38.8 Å². The van der Waals surface area contributed by atoms with Crippen molar-refractivity contribution in [3.05, 3.63) is 0 Å². The molecule has 1 rings (SSSR count). The van der Waals surface area contributed by atoms with Gasteiger partial charge in [-0.3, -0.25) is 4.79 Å². The summed E-state index contributed by atoms with van der Waals surface area (Å²) >= 11 is 0. The van der Waals surface area contributed by atoms with Crippen molar-refractivity contribution in [1.82, 2.24) is 4.90 Å². The second-order valence-corrected chi connectivity index (χ2v) is 5.31. The van der Waals surface area contributed by atoms with E-state index in [0.29, 0.717) is 12.2 Å². The number of hydrogen-bond acceptors (Lipinski definition) is 2. The Hall–Kier alpha value is -0.370. The Bertz CT molecular complexity index is 215. The molecule has 1 aliphatic carbocycles. The number of carbonyl (C=O) groups excluding carboxylic acids is 1. The van der Waals surface area contributed by atoms with Crippen molar-refractivity contribution < 1.29 is 4.79 Å². The molecule has 2 atom stereocenters. The molecule has 1 aliphatic rings. The van der Waals surface area contributed by atoms with Crippen molar-refractivity contribution in [1.29, 1.82) is 0 Å². The third-order valence-corrected chi connectivity index (χ3v) is 3.99. The Morgan fingerprint density at radius 2 is 2.00 bits per heavy atom. The van der Waals surface area contributed by atoms with Gasteiger partial charge in [0.25, 0.3) is 0 Å². The number of hydrogen-bond donors (Lipinski definition) is 0. The minimum absolute atomic E-state index is 0.407. The molecule has 0 aromatic heterocycles. The fourth-order valence-corrected chi connectivity index (χ4v) is 2.82. The standard InChI is InChI=1S/C14H27NO/c1-4-13(16)9-7-11-15(3)14-10-6-5-8-12(14)2/h12,14H,4-11H2,1-3H3. The van der Waals surface area contributed by atoms with Gasteiger partial charge in [0, 0.05) is 18.9 Å². The molecule has 0 radical (unpaired) electrons. The maximum Gasteiger partial charge on any atom is 0.132 e. The zero-order valence-corrected chi connectivity index (χ0v) is 11.2. The van der Waals surface area contributed by atoms with Crippen LogP contribution in [0.2, 0.25) is 0 Å². The van der Waals surface area contributed by atoms with Crippen molar-refractivity contribution in [2.24, 2.45) is 5.92 Å². The lowest BCUT2D eigenvalue weighted by molar-refractivity contribution is -0.118. The van der Waals surface area contributed by atoms with Crippen LogP contribution >= 0.6 is 0 Å². The highest BCUT2D eigenvalue weighted by atomic mass is 16.1. The first-order chi connectivity index (χ1) is 7.65. The first kappa shape index (κ1) is 13.7. The summed E-state index contributed by atoms with van der Waals surface area (Å²) in [6.07, 6.45) is 8.01. The molecule has 1 fully saturated rings. The molecule has 0 heterocycles. The molecule has 2 heteroatoms. The van der Waals surface area contributed by atoms with Gasteiger partial charge in [-0.15, -0.1) is 0 Å². The molecular weight excluding hydrogens is 198 g/mol. The zero-order chi connectivity index (χ0) is 12.0. The van der Waals surface area contributed by atoms with Gasteiger partial charge in [0.15, 0.2) is 0 Å². The number of ketones is 1. The van der Waals surface area contributed by atoms with Crippen molar-refractivity contribution in [3.8, 4) is 0 Å². The third-order valence-electron chi connectivity index (χ3n) is 3.99. The smallest absolute Gasteiger partial charge is 0.132 e. The van der Waals surface area contributed by atoms with Crippen LogP contribution in [0.4, 0.5) is 0 Å². The van der Waals surface area contributed by atoms with Crippen LogP contribution in [-0.2, 0) is 4.79 Å². The second-order valence-electron chi connectivity index (χ2n) is 5.31. The van der Waals surface area contributed by atoms with E-state index < -0.39 is 0 Å². The largest absolute Gasteiger partial charge is 0.303 e. The van der Waals surface area contributed by atoms with Gasteiger partial charge < -0.3 is 4.90 Å². The maximum atomic E-state index is 11.2. The van der Waals surface area contributed by atoms with Gasteiger partial charge in [0.1, 0.15) is 5.78 Å². The molecule has 16 heavy (non-hydrogen) atoms. The van der Waals surface area contributed by atoms with Crippen LogP contribution in [0.1, 0.15) is 58.8 Å². The average Bonchev–Trinajstić information content (AvgIpc) is 2.29. The Labute approximate surface area is 100 Å². The summed E-state index contributed by atoms with van der Waals surface area (Å²) in [6.45, 7) is 5.41. The van der Waals surface area contributed by atoms with E-state index in [1.165, 1.54) is 25.7 Å². The first-order valence-electron chi connectivity index (χ1n) is 6.87. The van der Waals surface area contributed by atoms with Crippen LogP contribution < -0.4 is 0 Å². The summed E-state index contributed by atoms with van der Waals surface area (Å²) in [5, 5.41) is 0. The van der Waals surface area contributed by atoms with E-state index in [-0.39, 0.29) is 0 Å². The highest BCUT2D eigenvalue weighted by Crippen LogP contribution is 2.27. The highest BCUT2D eigenvalue weighted by molar-refractivity contribution is 5.77. The van der Waals surface area contributed by atoms with Gasteiger partial charge in [0.2, 0.25) is 0 Å². The normalized spacial score (nSPS) is 26.0. The maximum absolute atomic E-state index is 11.2. The molecule has 0 bridgehead atoms. The van der Waals surface area contributed by atoms with Crippen molar-refractivity contribution in [3.63, 3.8) is 0 Å². The lowest BCUT2D eigenvalue weighted by Crippen LogP contribution is -2.39. The molecule has 0 aromatic rings. The summed E-state index contributed by atoms with van der Waals surface area (Å²) in [7, 11) is 2.23. The van der Waals surface area contributed by atoms with Gasteiger partial charge >= 0.3 is 0 Å². The summed E-state index contributed by atoms with van der Waals surface area (Å²) < 4.78 is 0. The molecule has 2 unspecified atom stereocenters. The van der Waals surface area contributed by atoms with Gasteiger partial charge in [-0.25, -0.2) is 0 Å². The molecule has 94 valence electrons. The Morgan fingerprint density at radius 1 is 1.31 bits per heavy atom. The predicted molar refractivity (Wildman–Crippen MR) is 68.6 cm³/mol.